The highest BCUT2D eigenvalue weighted by Crippen LogP contribution is 2.44. The number of hydrogen-bond acceptors (Lipinski definition) is 3. The molecule has 5 nitrogen and oxygen atoms in total. The van der Waals surface area contributed by atoms with Gasteiger partial charge in [-0.2, -0.15) is 0 Å². The number of hydrogen-bond donors (Lipinski definition) is 2. The molecule has 1 aliphatic carbocycles. The fourth-order valence-electron chi connectivity index (χ4n) is 4.53. The van der Waals surface area contributed by atoms with Crippen LogP contribution in [0.2, 0.25) is 0 Å². The first-order chi connectivity index (χ1) is 15.7. The summed E-state index contributed by atoms with van der Waals surface area (Å²) in [6.45, 7) is 0.792. The van der Waals surface area contributed by atoms with Crippen LogP contribution in [0.1, 0.15) is 34.6 Å². The molecule has 0 atom stereocenters. The summed E-state index contributed by atoms with van der Waals surface area (Å²) in [4.78, 5) is 23.8. The molecule has 0 spiro atoms. The molecule has 3 aromatic rings. The second-order valence-electron chi connectivity index (χ2n) is 8.05. The summed E-state index contributed by atoms with van der Waals surface area (Å²) >= 11 is 0. The monoisotopic (exact) mass is 424 g/mol. The summed E-state index contributed by atoms with van der Waals surface area (Å²) in [5.74, 6) is 0.0844. The van der Waals surface area contributed by atoms with Gasteiger partial charge in [0.15, 0.2) is 0 Å². The Balaban J connectivity index is 1.13. The number of ether oxygens (including phenoxy) is 1. The lowest BCUT2D eigenvalue weighted by molar-refractivity contribution is -0.115. The summed E-state index contributed by atoms with van der Waals surface area (Å²) < 4.78 is 5.56. The maximum Gasteiger partial charge on any atom is 0.407 e. The zero-order valence-electron chi connectivity index (χ0n) is 17.6. The Morgan fingerprint density at radius 3 is 2.47 bits per heavy atom. The molecule has 3 aromatic carbocycles. The molecule has 2 aliphatic rings. The molecule has 1 aliphatic heterocycles. The Kier molecular flexibility index (Phi) is 5.46. The van der Waals surface area contributed by atoms with E-state index in [1.54, 1.807) is 0 Å². The molecule has 5 rings (SSSR count). The number of anilines is 1. The molecule has 0 radical (unpaired) electrons. The molecule has 0 saturated heterocycles. The Bertz CT molecular complexity index is 1170. The zero-order chi connectivity index (χ0) is 21.9. The van der Waals surface area contributed by atoms with Gasteiger partial charge in [-0.25, -0.2) is 4.79 Å². The van der Waals surface area contributed by atoms with Gasteiger partial charge >= 0.3 is 6.09 Å². The number of carbonyl (C=O) groups excluding carboxylic acids is 2. The normalized spacial score (nSPS) is 14.1. The van der Waals surface area contributed by atoms with Crippen LogP contribution in [0.5, 0.6) is 0 Å². The van der Waals surface area contributed by atoms with Crippen LogP contribution < -0.4 is 10.6 Å². The first-order valence-electron chi connectivity index (χ1n) is 10.9. The molecule has 32 heavy (non-hydrogen) atoms. The minimum absolute atomic E-state index is 0.0257. The van der Waals surface area contributed by atoms with Gasteiger partial charge in [-0.1, -0.05) is 78.9 Å². The highest BCUT2D eigenvalue weighted by molar-refractivity contribution is 6.01. The summed E-state index contributed by atoms with van der Waals surface area (Å²) in [7, 11) is 0. The number of para-hydroxylation sites is 1. The van der Waals surface area contributed by atoms with Crippen LogP contribution >= 0.6 is 0 Å². The molecular weight excluding hydrogens is 400 g/mol. The van der Waals surface area contributed by atoms with Crippen LogP contribution in [0.15, 0.2) is 72.8 Å². The number of fused-ring (bicyclic) bond motifs is 4. The molecular formula is C27H24N2O3. The number of amides is 2. The fraction of sp³-hybridized carbons (Fsp3) is 0.185. The molecule has 1 heterocycles. The molecule has 0 aromatic heterocycles. The molecule has 2 N–H and O–H groups in total. The van der Waals surface area contributed by atoms with E-state index in [1.165, 1.54) is 22.3 Å². The standard InChI is InChI=1S/C27H24N2O3/c30-25-16-19-10-7-9-18(26(19)29-25)8-5-6-15-28-27(31)32-17-24-22-13-3-1-11-20(22)21-12-2-4-14-23(21)24/h1-5,7-14,24H,6,15-17H2,(H,28,31)(H,29,30). The predicted octanol–water partition coefficient (Wildman–Crippen LogP) is 5.12. The molecule has 0 saturated carbocycles. The Hall–Kier alpha value is -3.86. The van der Waals surface area contributed by atoms with Crippen molar-refractivity contribution in [2.45, 2.75) is 18.8 Å². The first kappa shape index (κ1) is 20.1. The summed E-state index contributed by atoms with van der Waals surface area (Å²) in [6, 6.07) is 22.5. The third kappa shape index (κ3) is 3.89. The minimum atomic E-state index is -0.409. The van der Waals surface area contributed by atoms with E-state index >= 15 is 0 Å². The highest BCUT2D eigenvalue weighted by Gasteiger charge is 2.28. The van der Waals surface area contributed by atoms with Crippen LogP contribution in [0, 0.1) is 0 Å². The highest BCUT2D eigenvalue weighted by atomic mass is 16.5. The van der Waals surface area contributed by atoms with Crippen molar-refractivity contribution in [3.63, 3.8) is 0 Å². The van der Waals surface area contributed by atoms with Crippen LogP contribution in [-0.4, -0.2) is 25.2 Å². The van der Waals surface area contributed by atoms with E-state index in [1.807, 2.05) is 54.6 Å². The van der Waals surface area contributed by atoms with Crippen LogP contribution in [0.25, 0.3) is 17.2 Å². The van der Waals surface area contributed by atoms with Gasteiger partial charge in [0.05, 0.1) is 12.1 Å². The fourth-order valence-corrected chi connectivity index (χ4v) is 4.53. The van der Waals surface area contributed by atoms with E-state index < -0.39 is 6.09 Å². The average Bonchev–Trinajstić information content (AvgIpc) is 3.35. The molecule has 2 amide bonds. The van der Waals surface area contributed by atoms with E-state index in [0.29, 0.717) is 26.0 Å². The smallest absolute Gasteiger partial charge is 0.407 e. The predicted molar refractivity (Wildman–Crippen MR) is 125 cm³/mol. The van der Waals surface area contributed by atoms with Crippen LogP contribution in [0.3, 0.4) is 0 Å². The topological polar surface area (TPSA) is 67.4 Å². The Morgan fingerprint density at radius 2 is 1.72 bits per heavy atom. The molecule has 5 heteroatoms. The summed E-state index contributed by atoms with van der Waals surface area (Å²) in [5.41, 5.74) is 7.72. The van der Waals surface area contributed by atoms with Crippen molar-refractivity contribution in [2.24, 2.45) is 0 Å². The van der Waals surface area contributed by atoms with E-state index in [0.717, 1.165) is 16.8 Å². The number of nitrogens with one attached hydrogen (secondary N) is 2. The lowest BCUT2D eigenvalue weighted by Gasteiger charge is -2.14. The van der Waals surface area contributed by atoms with Gasteiger partial charge in [-0.05, 0) is 39.8 Å². The van der Waals surface area contributed by atoms with Crippen molar-refractivity contribution in [1.29, 1.82) is 0 Å². The van der Waals surface area contributed by atoms with Crippen molar-refractivity contribution >= 4 is 23.8 Å². The summed E-state index contributed by atoms with van der Waals surface area (Å²) in [6.07, 6.45) is 4.66. The van der Waals surface area contributed by atoms with E-state index in [4.69, 9.17) is 4.74 Å². The van der Waals surface area contributed by atoms with Crippen molar-refractivity contribution in [2.75, 3.05) is 18.5 Å². The molecule has 0 unspecified atom stereocenters. The van der Waals surface area contributed by atoms with Gasteiger partial charge in [0, 0.05) is 12.5 Å². The Morgan fingerprint density at radius 1 is 1.00 bits per heavy atom. The number of alkyl carbamates (subject to hydrolysis) is 1. The van der Waals surface area contributed by atoms with E-state index in [9.17, 15) is 9.59 Å². The van der Waals surface area contributed by atoms with Crippen molar-refractivity contribution in [3.05, 3.63) is 95.1 Å². The Labute approximate surface area is 187 Å². The van der Waals surface area contributed by atoms with Crippen molar-refractivity contribution in [1.82, 2.24) is 5.32 Å². The van der Waals surface area contributed by atoms with E-state index in [2.05, 4.69) is 34.9 Å². The third-order valence-electron chi connectivity index (χ3n) is 6.02. The number of carbonyl (C=O) groups is 2. The summed E-state index contributed by atoms with van der Waals surface area (Å²) in [5, 5.41) is 5.72. The van der Waals surface area contributed by atoms with Gasteiger partial charge in [0.1, 0.15) is 6.61 Å². The van der Waals surface area contributed by atoms with Crippen LogP contribution in [-0.2, 0) is 16.0 Å². The lowest BCUT2D eigenvalue weighted by Crippen LogP contribution is -2.26. The molecule has 160 valence electrons. The second-order valence-corrected chi connectivity index (χ2v) is 8.05. The largest absolute Gasteiger partial charge is 0.449 e. The van der Waals surface area contributed by atoms with Gasteiger partial charge < -0.3 is 15.4 Å². The maximum absolute atomic E-state index is 12.2. The number of benzene rings is 3. The van der Waals surface area contributed by atoms with Crippen LogP contribution in [0.4, 0.5) is 10.5 Å². The third-order valence-corrected chi connectivity index (χ3v) is 6.02. The molecule has 0 fully saturated rings. The zero-order valence-corrected chi connectivity index (χ0v) is 17.6. The first-order valence-corrected chi connectivity index (χ1v) is 10.9. The quantitative estimate of drug-likeness (QED) is 0.540. The minimum Gasteiger partial charge on any atom is -0.449 e. The van der Waals surface area contributed by atoms with Crippen molar-refractivity contribution in [3.8, 4) is 11.1 Å². The van der Waals surface area contributed by atoms with E-state index in [-0.39, 0.29) is 11.8 Å². The van der Waals surface area contributed by atoms with Gasteiger partial charge in [0.2, 0.25) is 5.91 Å². The van der Waals surface area contributed by atoms with Crippen molar-refractivity contribution < 1.29 is 14.3 Å². The van der Waals surface area contributed by atoms with Gasteiger partial charge in [0.25, 0.3) is 0 Å². The SMILES string of the molecule is O=C1Cc2cccc(C=CCCNC(=O)OCC3c4ccccc4-c4ccccc43)c2N1. The lowest BCUT2D eigenvalue weighted by atomic mass is 9.98. The van der Waals surface area contributed by atoms with Gasteiger partial charge in [-0.3, -0.25) is 4.79 Å². The molecule has 0 bridgehead atoms. The maximum atomic E-state index is 12.2. The van der Waals surface area contributed by atoms with Gasteiger partial charge in [-0.15, -0.1) is 0 Å². The average molecular weight is 425 g/mol. The number of rotatable bonds is 6. The second kappa shape index (κ2) is 8.71.